The Bertz CT molecular complexity index is 625. The Kier molecular flexibility index (Phi) is 7.25. The first kappa shape index (κ1) is 19.6. The van der Waals surface area contributed by atoms with E-state index < -0.39 is 0 Å². The van der Waals surface area contributed by atoms with Crippen LogP contribution < -0.4 is 10.6 Å². The minimum Gasteiger partial charge on any atom is -0.450 e. The maximum absolute atomic E-state index is 12.3. The minimum atomic E-state index is -0.316. The summed E-state index contributed by atoms with van der Waals surface area (Å²) in [6.07, 6.45) is 0.0660. The van der Waals surface area contributed by atoms with Crippen LogP contribution in [0.3, 0.4) is 0 Å². The van der Waals surface area contributed by atoms with Gasteiger partial charge in [-0.25, -0.2) is 4.79 Å². The number of carbonyl (C=O) groups excluding carboxylic acids is 3. The van der Waals surface area contributed by atoms with Crippen molar-refractivity contribution in [1.29, 1.82) is 0 Å². The van der Waals surface area contributed by atoms with Crippen molar-refractivity contribution in [3.63, 3.8) is 0 Å². The number of rotatable bonds is 6. The van der Waals surface area contributed by atoms with E-state index in [4.69, 9.17) is 4.74 Å². The molecule has 0 unspecified atom stereocenters. The number of hydrogen-bond acceptors (Lipinski definition) is 5. The molecule has 3 amide bonds. The fourth-order valence-electron chi connectivity index (χ4n) is 2.70. The summed E-state index contributed by atoms with van der Waals surface area (Å²) in [5, 5.41) is 5.90. The Hall–Kier alpha value is -2.77. The van der Waals surface area contributed by atoms with Crippen LogP contribution in [0.5, 0.6) is 0 Å². The molecule has 8 nitrogen and oxygen atoms in total. The third-order valence-corrected chi connectivity index (χ3v) is 4.03. The maximum Gasteiger partial charge on any atom is 0.409 e. The molecule has 1 heterocycles. The summed E-state index contributed by atoms with van der Waals surface area (Å²) >= 11 is 0. The minimum absolute atomic E-state index is 0.0656. The van der Waals surface area contributed by atoms with Crippen LogP contribution in [-0.4, -0.2) is 67.0 Å². The van der Waals surface area contributed by atoms with Crippen LogP contribution in [-0.2, 0) is 14.3 Å². The molecule has 0 aromatic heterocycles. The van der Waals surface area contributed by atoms with E-state index in [-0.39, 0.29) is 17.9 Å². The summed E-state index contributed by atoms with van der Waals surface area (Å²) in [6.45, 7) is 6.19. The molecular formula is C18H26N4O4. The van der Waals surface area contributed by atoms with Gasteiger partial charge in [0.25, 0.3) is 0 Å². The molecule has 1 aromatic carbocycles. The monoisotopic (exact) mass is 362 g/mol. The molecule has 0 aliphatic carbocycles. The first-order chi connectivity index (χ1) is 12.5. The molecule has 1 aliphatic heterocycles. The highest BCUT2D eigenvalue weighted by Crippen LogP contribution is 2.13. The molecular weight excluding hydrogens is 336 g/mol. The highest BCUT2D eigenvalue weighted by molar-refractivity contribution is 5.88. The van der Waals surface area contributed by atoms with Crippen LogP contribution in [0.25, 0.3) is 0 Å². The van der Waals surface area contributed by atoms with Crippen LogP contribution in [0.4, 0.5) is 16.2 Å². The van der Waals surface area contributed by atoms with Gasteiger partial charge in [0.1, 0.15) is 0 Å². The molecule has 1 aliphatic rings. The molecule has 1 aromatic rings. The quantitative estimate of drug-likeness (QED) is 0.804. The zero-order chi connectivity index (χ0) is 18.9. The summed E-state index contributed by atoms with van der Waals surface area (Å²) < 4.78 is 4.97. The van der Waals surface area contributed by atoms with Gasteiger partial charge >= 0.3 is 6.09 Å². The average Bonchev–Trinajstić information content (AvgIpc) is 2.63. The van der Waals surface area contributed by atoms with Gasteiger partial charge in [0.15, 0.2) is 0 Å². The van der Waals surface area contributed by atoms with E-state index in [1.807, 2.05) is 12.1 Å². The first-order valence-electron chi connectivity index (χ1n) is 8.80. The number of benzene rings is 1. The lowest BCUT2D eigenvalue weighted by Gasteiger charge is -2.34. The number of carbonyl (C=O) groups is 3. The predicted molar refractivity (Wildman–Crippen MR) is 99.0 cm³/mol. The number of ether oxygens (including phenoxy) is 1. The molecule has 1 fully saturated rings. The highest BCUT2D eigenvalue weighted by Gasteiger charge is 2.24. The van der Waals surface area contributed by atoms with Crippen LogP contribution in [0.2, 0.25) is 0 Å². The molecule has 142 valence electrons. The lowest BCUT2D eigenvalue weighted by Crippen LogP contribution is -2.50. The smallest absolute Gasteiger partial charge is 0.409 e. The second-order valence-electron chi connectivity index (χ2n) is 6.00. The Morgan fingerprint density at radius 2 is 1.58 bits per heavy atom. The number of hydrogen-bond donors (Lipinski definition) is 2. The molecule has 0 bridgehead atoms. The molecule has 1 saturated heterocycles. The van der Waals surface area contributed by atoms with Gasteiger partial charge in [0, 0.05) is 57.4 Å². The third-order valence-electron chi connectivity index (χ3n) is 4.03. The summed E-state index contributed by atoms with van der Waals surface area (Å²) in [5.41, 5.74) is 1.62. The normalized spacial score (nSPS) is 13.9. The topological polar surface area (TPSA) is 91.0 Å². The largest absolute Gasteiger partial charge is 0.450 e. The number of anilines is 2. The maximum atomic E-state index is 12.3. The standard InChI is InChI=1S/C18H26N4O4/c1-3-26-18(25)22-12-10-21(11-13-22)17(24)8-9-19-15-4-6-16(7-5-15)20-14(2)23/h4-7,19H,3,8-13H2,1-2H3,(H,20,23). The van der Waals surface area contributed by atoms with E-state index in [9.17, 15) is 14.4 Å². The van der Waals surface area contributed by atoms with Crippen molar-refractivity contribution in [2.24, 2.45) is 0 Å². The fourth-order valence-corrected chi connectivity index (χ4v) is 2.70. The highest BCUT2D eigenvalue weighted by atomic mass is 16.6. The van der Waals surface area contributed by atoms with Crippen molar-refractivity contribution in [1.82, 2.24) is 9.80 Å². The number of piperazine rings is 1. The van der Waals surface area contributed by atoms with Gasteiger partial charge in [-0.3, -0.25) is 9.59 Å². The Morgan fingerprint density at radius 1 is 1.00 bits per heavy atom. The molecule has 0 saturated carbocycles. The van der Waals surface area contributed by atoms with E-state index in [2.05, 4.69) is 10.6 Å². The molecule has 0 atom stereocenters. The van der Waals surface area contributed by atoms with Crippen molar-refractivity contribution in [3.05, 3.63) is 24.3 Å². The van der Waals surface area contributed by atoms with E-state index in [0.29, 0.717) is 45.8 Å². The van der Waals surface area contributed by atoms with E-state index in [1.54, 1.807) is 28.9 Å². The Labute approximate surface area is 153 Å². The van der Waals surface area contributed by atoms with Crippen LogP contribution in [0, 0.1) is 0 Å². The number of amides is 3. The van der Waals surface area contributed by atoms with Crippen LogP contribution in [0.1, 0.15) is 20.3 Å². The molecule has 26 heavy (non-hydrogen) atoms. The van der Waals surface area contributed by atoms with Crippen molar-refractivity contribution >= 4 is 29.3 Å². The second kappa shape index (κ2) is 9.65. The zero-order valence-corrected chi connectivity index (χ0v) is 15.3. The predicted octanol–water partition coefficient (Wildman–Crippen LogP) is 1.75. The molecule has 2 N–H and O–H groups in total. The second-order valence-corrected chi connectivity index (χ2v) is 6.00. The zero-order valence-electron chi connectivity index (χ0n) is 15.3. The van der Waals surface area contributed by atoms with E-state index in [0.717, 1.165) is 11.4 Å². The van der Waals surface area contributed by atoms with E-state index in [1.165, 1.54) is 6.92 Å². The molecule has 0 spiro atoms. The molecule has 0 radical (unpaired) electrons. The summed E-state index contributed by atoms with van der Waals surface area (Å²) in [5.74, 6) is -0.0461. The van der Waals surface area contributed by atoms with Gasteiger partial charge in [-0.2, -0.15) is 0 Å². The van der Waals surface area contributed by atoms with Crippen LogP contribution >= 0.6 is 0 Å². The summed E-state index contributed by atoms with van der Waals surface area (Å²) in [6, 6.07) is 7.32. The number of nitrogens with zero attached hydrogens (tertiary/aromatic N) is 2. The summed E-state index contributed by atoms with van der Waals surface area (Å²) in [4.78, 5) is 38.3. The van der Waals surface area contributed by atoms with Crippen molar-refractivity contribution in [2.45, 2.75) is 20.3 Å². The van der Waals surface area contributed by atoms with Crippen molar-refractivity contribution < 1.29 is 19.1 Å². The molecule has 8 heteroatoms. The Balaban J connectivity index is 1.69. The fraction of sp³-hybridized carbons (Fsp3) is 0.500. The van der Waals surface area contributed by atoms with Gasteiger partial charge in [-0.05, 0) is 31.2 Å². The van der Waals surface area contributed by atoms with E-state index >= 15 is 0 Å². The van der Waals surface area contributed by atoms with Gasteiger partial charge in [-0.15, -0.1) is 0 Å². The van der Waals surface area contributed by atoms with Gasteiger partial charge in [0.2, 0.25) is 11.8 Å². The number of nitrogens with one attached hydrogen (secondary N) is 2. The van der Waals surface area contributed by atoms with Crippen molar-refractivity contribution in [2.75, 3.05) is 50.0 Å². The van der Waals surface area contributed by atoms with Gasteiger partial charge in [-0.1, -0.05) is 0 Å². The average molecular weight is 362 g/mol. The third kappa shape index (κ3) is 5.94. The SMILES string of the molecule is CCOC(=O)N1CCN(C(=O)CCNc2ccc(NC(C)=O)cc2)CC1. The summed E-state index contributed by atoms with van der Waals surface area (Å²) in [7, 11) is 0. The van der Waals surface area contributed by atoms with Gasteiger partial charge < -0.3 is 25.2 Å². The first-order valence-corrected chi connectivity index (χ1v) is 8.80. The van der Waals surface area contributed by atoms with Gasteiger partial charge in [0.05, 0.1) is 6.61 Å². The Morgan fingerprint density at radius 3 is 2.15 bits per heavy atom. The lowest BCUT2D eigenvalue weighted by atomic mass is 10.2. The van der Waals surface area contributed by atoms with Crippen LogP contribution in [0.15, 0.2) is 24.3 Å². The lowest BCUT2D eigenvalue weighted by molar-refractivity contribution is -0.132. The molecule has 2 rings (SSSR count). The van der Waals surface area contributed by atoms with Crippen molar-refractivity contribution in [3.8, 4) is 0 Å².